The summed E-state index contributed by atoms with van der Waals surface area (Å²) >= 11 is 0. The summed E-state index contributed by atoms with van der Waals surface area (Å²) in [5.41, 5.74) is 11.7. The average molecular weight is 536 g/mol. The van der Waals surface area contributed by atoms with E-state index in [0.29, 0.717) is 0 Å². The van der Waals surface area contributed by atoms with Crippen molar-refractivity contribution in [3.8, 4) is 27.9 Å². The molecular formula is C41H29N. The summed E-state index contributed by atoms with van der Waals surface area (Å²) in [6, 6.07) is 51.6. The van der Waals surface area contributed by atoms with Crippen LogP contribution in [0.3, 0.4) is 0 Å². The van der Waals surface area contributed by atoms with Crippen LogP contribution in [0.25, 0.3) is 71.3 Å². The first-order chi connectivity index (χ1) is 20.6. The Labute approximate surface area is 245 Å². The molecule has 0 radical (unpaired) electrons. The number of fused-ring (bicyclic) bond motifs is 10. The lowest BCUT2D eigenvalue weighted by Crippen LogP contribution is -2.14. The molecule has 1 heterocycles. The molecule has 0 fully saturated rings. The second-order valence-corrected chi connectivity index (χ2v) is 12.2. The SMILES string of the molecule is CC1(C)c2ccccc2-c2ccc(-c3ccc(-n4c5ccc6ccccc6c5c5c6ccccc6ccc54)cc3)cc21. The summed E-state index contributed by atoms with van der Waals surface area (Å²) in [4.78, 5) is 0. The molecule has 9 rings (SSSR count). The first-order valence-corrected chi connectivity index (χ1v) is 14.8. The molecule has 0 bridgehead atoms. The Kier molecular flexibility index (Phi) is 4.73. The van der Waals surface area contributed by atoms with Crippen LogP contribution >= 0.6 is 0 Å². The molecule has 42 heavy (non-hydrogen) atoms. The predicted octanol–water partition coefficient (Wildman–Crippen LogP) is 11.1. The lowest BCUT2D eigenvalue weighted by Gasteiger charge is -2.22. The lowest BCUT2D eigenvalue weighted by atomic mass is 9.81. The van der Waals surface area contributed by atoms with Crippen molar-refractivity contribution in [3.05, 3.63) is 151 Å². The molecule has 1 nitrogen and oxygen atoms in total. The van der Waals surface area contributed by atoms with E-state index in [0.717, 1.165) is 0 Å². The minimum absolute atomic E-state index is 0.00357. The van der Waals surface area contributed by atoms with Gasteiger partial charge in [0.05, 0.1) is 11.0 Å². The second kappa shape index (κ2) is 8.44. The Bertz CT molecular complexity index is 2270. The molecule has 0 saturated carbocycles. The first-order valence-electron chi connectivity index (χ1n) is 14.8. The molecule has 0 aliphatic heterocycles. The zero-order valence-electron chi connectivity index (χ0n) is 23.7. The van der Waals surface area contributed by atoms with Gasteiger partial charge in [-0.15, -0.1) is 0 Å². The third-order valence-corrected chi connectivity index (χ3v) is 9.59. The molecule has 8 aromatic rings. The summed E-state index contributed by atoms with van der Waals surface area (Å²) in [6.07, 6.45) is 0. The maximum absolute atomic E-state index is 2.44. The smallest absolute Gasteiger partial charge is 0.0547 e. The fourth-order valence-corrected chi connectivity index (χ4v) is 7.51. The first kappa shape index (κ1) is 23.6. The number of hydrogen-bond donors (Lipinski definition) is 0. The van der Waals surface area contributed by atoms with Crippen molar-refractivity contribution in [2.24, 2.45) is 0 Å². The van der Waals surface area contributed by atoms with Gasteiger partial charge in [-0.2, -0.15) is 0 Å². The molecule has 7 aromatic carbocycles. The zero-order valence-corrected chi connectivity index (χ0v) is 23.7. The monoisotopic (exact) mass is 535 g/mol. The minimum Gasteiger partial charge on any atom is -0.309 e. The number of nitrogens with zero attached hydrogens (tertiary/aromatic N) is 1. The van der Waals surface area contributed by atoms with Crippen molar-refractivity contribution in [2.75, 3.05) is 0 Å². The highest BCUT2D eigenvalue weighted by Gasteiger charge is 2.35. The highest BCUT2D eigenvalue weighted by Crippen LogP contribution is 2.49. The molecule has 0 spiro atoms. The van der Waals surface area contributed by atoms with E-state index in [1.807, 2.05) is 0 Å². The summed E-state index contributed by atoms with van der Waals surface area (Å²) in [7, 11) is 0. The molecule has 0 atom stereocenters. The van der Waals surface area contributed by atoms with E-state index in [1.54, 1.807) is 0 Å². The van der Waals surface area contributed by atoms with Crippen molar-refractivity contribution in [1.29, 1.82) is 0 Å². The van der Waals surface area contributed by atoms with Gasteiger partial charge in [0.15, 0.2) is 0 Å². The number of aromatic nitrogens is 1. The van der Waals surface area contributed by atoms with Gasteiger partial charge in [-0.05, 0) is 85.3 Å². The van der Waals surface area contributed by atoms with Gasteiger partial charge >= 0.3 is 0 Å². The Morgan fingerprint density at radius 3 is 1.67 bits per heavy atom. The van der Waals surface area contributed by atoms with E-state index in [2.05, 4.69) is 158 Å². The molecular weight excluding hydrogens is 506 g/mol. The minimum atomic E-state index is -0.00357. The maximum Gasteiger partial charge on any atom is 0.0547 e. The molecule has 0 saturated heterocycles. The molecule has 1 aliphatic carbocycles. The van der Waals surface area contributed by atoms with Gasteiger partial charge in [0.2, 0.25) is 0 Å². The lowest BCUT2D eigenvalue weighted by molar-refractivity contribution is 0.660. The molecule has 0 amide bonds. The van der Waals surface area contributed by atoms with E-state index in [4.69, 9.17) is 0 Å². The molecule has 1 aliphatic rings. The fourth-order valence-electron chi connectivity index (χ4n) is 7.51. The van der Waals surface area contributed by atoms with Crippen LogP contribution < -0.4 is 0 Å². The van der Waals surface area contributed by atoms with Crippen LogP contribution in [0.4, 0.5) is 0 Å². The van der Waals surface area contributed by atoms with Gasteiger partial charge in [0, 0.05) is 21.9 Å². The van der Waals surface area contributed by atoms with E-state index in [1.165, 1.54) is 82.4 Å². The Morgan fingerprint density at radius 1 is 0.452 bits per heavy atom. The van der Waals surface area contributed by atoms with Gasteiger partial charge in [0.25, 0.3) is 0 Å². The molecule has 1 heteroatoms. The second-order valence-electron chi connectivity index (χ2n) is 12.2. The van der Waals surface area contributed by atoms with Gasteiger partial charge < -0.3 is 4.57 Å². The standard InChI is InChI=1S/C41H29N/c1-41(2)35-14-8-7-13-33(35)34-22-17-29(25-36(34)41)26-15-20-30(21-16-26)42-37-23-18-27-9-3-5-11-31(27)39(37)40-32-12-6-4-10-28(32)19-24-38(40)42/h3-25H,1-2H3. The fraction of sp³-hybridized carbons (Fsp3) is 0.0732. The largest absolute Gasteiger partial charge is 0.309 e. The number of hydrogen-bond acceptors (Lipinski definition) is 0. The van der Waals surface area contributed by atoms with Crippen molar-refractivity contribution in [1.82, 2.24) is 4.57 Å². The van der Waals surface area contributed by atoms with E-state index < -0.39 is 0 Å². The Balaban J connectivity index is 1.23. The van der Waals surface area contributed by atoms with Gasteiger partial charge in [-0.3, -0.25) is 0 Å². The van der Waals surface area contributed by atoms with Crippen molar-refractivity contribution in [2.45, 2.75) is 19.3 Å². The van der Waals surface area contributed by atoms with Gasteiger partial charge in [0.1, 0.15) is 0 Å². The molecule has 0 unspecified atom stereocenters. The topological polar surface area (TPSA) is 4.93 Å². The van der Waals surface area contributed by atoms with E-state index in [-0.39, 0.29) is 5.41 Å². The van der Waals surface area contributed by atoms with Crippen molar-refractivity contribution in [3.63, 3.8) is 0 Å². The average Bonchev–Trinajstić information content (AvgIpc) is 3.51. The quantitative estimate of drug-likeness (QED) is 0.207. The summed E-state index contributed by atoms with van der Waals surface area (Å²) in [5.74, 6) is 0. The van der Waals surface area contributed by atoms with Crippen LogP contribution in [0.5, 0.6) is 0 Å². The normalized spacial score (nSPS) is 13.7. The van der Waals surface area contributed by atoms with Crippen LogP contribution in [0.1, 0.15) is 25.0 Å². The van der Waals surface area contributed by atoms with Gasteiger partial charge in [-0.25, -0.2) is 0 Å². The Hall–Kier alpha value is -5.14. The van der Waals surface area contributed by atoms with Crippen LogP contribution in [-0.4, -0.2) is 4.57 Å². The zero-order chi connectivity index (χ0) is 28.0. The van der Waals surface area contributed by atoms with E-state index in [9.17, 15) is 0 Å². The highest BCUT2D eigenvalue weighted by molar-refractivity contribution is 6.28. The third-order valence-electron chi connectivity index (χ3n) is 9.59. The Morgan fingerprint density at radius 2 is 1.00 bits per heavy atom. The predicted molar refractivity (Wildman–Crippen MR) is 179 cm³/mol. The number of rotatable bonds is 2. The van der Waals surface area contributed by atoms with Crippen LogP contribution in [-0.2, 0) is 5.41 Å². The van der Waals surface area contributed by atoms with Crippen LogP contribution in [0.15, 0.2) is 140 Å². The summed E-state index contributed by atoms with van der Waals surface area (Å²) in [5, 5.41) is 7.79. The van der Waals surface area contributed by atoms with Crippen molar-refractivity contribution >= 4 is 43.4 Å². The highest BCUT2D eigenvalue weighted by atomic mass is 15.0. The molecule has 0 N–H and O–H groups in total. The van der Waals surface area contributed by atoms with Crippen LogP contribution in [0, 0.1) is 0 Å². The molecule has 1 aromatic heterocycles. The van der Waals surface area contributed by atoms with E-state index >= 15 is 0 Å². The van der Waals surface area contributed by atoms with Crippen molar-refractivity contribution < 1.29 is 0 Å². The summed E-state index contributed by atoms with van der Waals surface area (Å²) in [6.45, 7) is 4.69. The van der Waals surface area contributed by atoms with Crippen LogP contribution in [0.2, 0.25) is 0 Å². The third kappa shape index (κ3) is 3.14. The maximum atomic E-state index is 2.44. The summed E-state index contributed by atoms with van der Waals surface area (Å²) < 4.78 is 2.44. The number of benzene rings is 7. The molecule has 198 valence electrons. The van der Waals surface area contributed by atoms with Gasteiger partial charge in [-0.1, -0.05) is 123 Å².